The number of likely N-dealkylation sites (tertiary alicyclic amines) is 1. The fraction of sp³-hybridized carbons (Fsp3) is 0.682. The van der Waals surface area contributed by atoms with Gasteiger partial charge in [0, 0.05) is 25.3 Å². The fourth-order valence-electron chi connectivity index (χ4n) is 6.56. The Bertz CT molecular complexity index is 891. The molecule has 5 aliphatic rings. The number of aromatic nitrogens is 1. The summed E-state index contributed by atoms with van der Waals surface area (Å²) < 4.78 is 44.0. The van der Waals surface area contributed by atoms with Gasteiger partial charge in [0.25, 0.3) is 0 Å². The van der Waals surface area contributed by atoms with Gasteiger partial charge in [-0.05, 0) is 68.4 Å². The first kappa shape index (κ1) is 21.3. The molecule has 3 unspecified atom stereocenters. The molecule has 1 aromatic heterocycles. The van der Waals surface area contributed by atoms with Crippen LogP contribution < -0.4 is 11.1 Å². The number of halogens is 3. The van der Waals surface area contributed by atoms with E-state index in [9.17, 15) is 22.8 Å². The minimum Gasteiger partial charge on any atom is -0.446 e. The monoisotopic (exact) mass is 452 g/mol. The third-order valence-corrected chi connectivity index (χ3v) is 7.84. The molecule has 1 saturated heterocycles. The van der Waals surface area contributed by atoms with Crippen molar-refractivity contribution in [3.63, 3.8) is 0 Å². The Morgan fingerprint density at radius 1 is 1.19 bits per heavy atom. The Balaban J connectivity index is 1.16. The summed E-state index contributed by atoms with van der Waals surface area (Å²) in [7, 11) is 0. The molecule has 1 aromatic rings. The molecule has 2 amide bonds. The molecule has 5 fully saturated rings. The number of ether oxygens (including phenoxy) is 1. The van der Waals surface area contributed by atoms with Gasteiger partial charge in [-0.25, -0.2) is 9.78 Å². The number of hydrogen-bond donors (Lipinski definition) is 2. The Hall–Kier alpha value is -2.52. The van der Waals surface area contributed by atoms with Crippen LogP contribution in [0, 0.1) is 23.2 Å². The average molecular weight is 452 g/mol. The van der Waals surface area contributed by atoms with Gasteiger partial charge in [-0.3, -0.25) is 4.79 Å². The van der Waals surface area contributed by atoms with E-state index in [1.165, 1.54) is 6.07 Å². The van der Waals surface area contributed by atoms with Gasteiger partial charge in [-0.1, -0.05) is 0 Å². The molecular formula is C22H27F3N4O3. The first-order chi connectivity index (χ1) is 15.1. The Morgan fingerprint density at radius 2 is 1.91 bits per heavy atom. The van der Waals surface area contributed by atoms with E-state index in [-0.39, 0.29) is 36.0 Å². The number of carbonyl (C=O) groups excluding carboxylic acids is 2. The topological polar surface area (TPSA) is 97.6 Å². The first-order valence-corrected chi connectivity index (χ1v) is 11.2. The van der Waals surface area contributed by atoms with Gasteiger partial charge in [0.2, 0.25) is 5.91 Å². The Labute approximate surface area is 183 Å². The lowest BCUT2D eigenvalue weighted by Crippen LogP contribution is -2.59. The highest BCUT2D eigenvalue weighted by Gasteiger charge is 2.59. The van der Waals surface area contributed by atoms with Gasteiger partial charge in [0.05, 0.1) is 11.0 Å². The molecule has 174 valence electrons. The number of carbonyl (C=O) groups is 2. The van der Waals surface area contributed by atoms with Gasteiger partial charge in [-0.15, -0.1) is 0 Å². The summed E-state index contributed by atoms with van der Waals surface area (Å²) in [5, 5.41) is 3.10. The van der Waals surface area contributed by atoms with Crippen molar-refractivity contribution < 1.29 is 27.5 Å². The van der Waals surface area contributed by atoms with Crippen molar-refractivity contribution in [1.29, 1.82) is 0 Å². The normalized spacial score (nSPS) is 35.7. The van der Waals surface area contributed by atoms with Crippen LogP contribution >= 0.6 is 0 Å². The number of rotatable bonds is 4. The molecule has 4 aliphatic carbocycles. The standard InChI is InChI=1S/C22H27F3N4O3/c23-22(24,25)15-1-2-17(27-10-15)28-16-3-4-29(11-16)20(31)32-18-13-5-12-6-14(18)9-21(7-12,8-13)19(26)30/h1-2,10,12-14,16,18H,3-9,11H2,(H2,26,30)(H,27,28)/t12?,13-,14?,16-,18?,21-/m0/s1. The summed E-state index contributed by atoms with van der Waals surface area (Å²) in [5.41, 5.74) is 4.51. The van der Waals surface area contributed by atoms with E-state index in [0.717, 1.165) is 31.5 Å². The van der Waals surface area contributed by atoms with Crippen LogP contribution in [0.15, 0.2) is 18.3 Å². The number of nitrogens with one attached hydrogen (secondary N) is 1. The summed E-state index contributed by atoms with van der Waals surface area (Å²) in [6.45, 7) is 0.907. The van der Waals surface area contributed by atoms with Crippen molar-refractivity contribution in [2.45, 2.75) is 56.8 Å². The highest BCUT2D eigenvalue weighted by Crippen LogP contribution is 2.60. The van der Waals surface area contributed by atoms with Crippen LogP contribution in [0.2, 0.25) is 0 Å². The molecule has 0 aromatic carbocycles. The van der Waals surface area contributed by atoms with Crippen LogP contribution in [0.25, 0.3) is 0 Å². The molecule has 0 radical (unpaired) electrons. The van der Waals surface area contributed by atoms with Gasteiger partial charge >= 0.3 is 12.3 Å². The maximum Gasteiger partial charge on any atom is 0.417 e. The van der Waals surface area contributed by atoms with E-state index in [1.807, 2.05) is 0 Å². The van der Waals surface area contributed by atoms with Gasteiger partial charge in [0.1, 0.15) is 11.9 Å². The van der Waals surface area contributed by atoms with Crippen LogP contribution in [0.1, 0.15) is 44.1 Å². The van der Waals surface area contributed by atoms with E-state index in [2.05, 4.69) is 10.3 Å². The highest BCUT2D eigenvalue weighted by atomic mass is 19.4. The summed E-state index contributed by atoms with van der Waals surface area (Å²) >= 11 is 0. The minimum absolute atomic E-state index is 0.108. The van der Waals surface area contributed by atoms with E-state index in [4.69, 9.17) is 10.5 Å². The number of primary amides is 1. The maximum atomic E-state index is 12.8. The van der Waals surface area contributed by atoms with Gasteiger partial charge in [0.15, 0.2) is 0 Å². The summed E-state index contributed by atoms with van der Waals surface area (Å²) in [6.07, 6.45) is 0.739. The molecule has 6 rings (SSSR count). The fourth-order valence-corrected chi connectivity index (χ4v) is 6.56. The quantitative estimate of drug-likeness (QED) is 0.730. The van der Waals surface area contributed by atoms with Crippen molar-refractivity contribution in [1.82, 2.24) is 9.88 Å². The van der Waals surface area contributed by atoms with Crippen LogP contribution in [0.4, 0.5) is 23.8 Å². The molecule has 2 heterocycles. The molecule has 1 aliphatic heterocycles. The summed E-state index contributed by atoms with van der Waals surface area (Å²) in [6, 6.07) is 2.18. The zero-order chi connectivity index (χ0) is 22.7. The zero-order valence-electron chi connectivity index (χ0n) is 17.6. The third kappa shape index (κ3) is 3.77. The third-order valence-electron chi connectivity index (χ3n) is 7.84. The second-order valence-electron chi connectivity index (χ2n) is 9.97. The summed E-state index contributed by atoms with van der Waals surface area (Å²) in [4.78, 5) is 30.4. The molecule has 4 bridgehead atoms. The molecular weight excluding hydrogens is 425 g/mol. The number of nitrogens with two attached hydrogens (primary N) is 1. The highest BCUT2D eigenvalue weighted by molar-refractivity contribution is 5.81. The number of amides is 2. The minimum atomic E-state index is -4.42. The smallest absolute Gasteiger partial charge is 0.417 e. The van der Waals surface area contributed by atoms with E-state index in [0.29, 0.717) is 44.1 Å². The van der Waals surface area contributed by atoms with Crippen molar-refractivity contribution in [2.24, 2.45) is 28.9 Å². The second kappa shape index (κ2) is 7.52. The Kier molecular flexibility index (Phi) is 5.01. The maximum absolute atomic E-state index is 12.8. The first-order valence-electron chi connectivity index (χ1n) is 11.2. The number of nitrogens with zero attached hydrogens (tertiary/aromatic N) is 2. The number of hydrogen-bond acceptors (Lipinski definition) is 5. The molecule has 6 atom stereocenters. The van der Waals surface area contributed by atoms with E-state index < -0.39 is 17.2 Å². The van der Waals surface area contributed by atoms with Crippen LogP contribution in [0.5, 0.6) is 0 Å². The van der Waals surface area contributed by atoms with Crippen LogP contribution in [-0.2, 0) is 15.7 Å². The van der Waals surface area contributed by atoms with E-state index >= 15 is 0 Å². The van der Waals surface area contributed by atoms with Gasteiger partial charge in [-0.2, -0.15) is 13.2 Å². The summed E-state index contributed by atoms with van der Waals surface area (Å²) in [5.74, 6) is 0.991. The molecule has 3 N–H and O–H groups in total. The van der Waals surface area contributed by atoms with Gasteiger partial charge < -0.3 is 20.7 Å². The number of anilines is 1. The zero-order valence-corrected chi connectivity index (χ0v) is 17.6. The molecule has 7 nitrogen and oxygen atoms in total. The lowest BCUT2D eigenvalue weighted by Gasteiger charge is -2.58. The van der Waals surface area contributed by atoms with Crippen LogP contribution in [-0.4, -0.2) is 47.1 Å². The van der Waals surface area contributed by atoms with Crippen molar-refractivity contribution in [3.8, 4) is 0 Å². The van der Waals surface area contributed by atoms with Crippen molar-refractivity contribution in [2.75, 3.05) is 18.4 Å². The number of alkyl halides is 3. The predicted molar refractivity (Wildman–Crippen MR) is 108 cm³/mol. The lowest BCUT2D eigenvalue weighted by molar-refractivity contribution is -0.161. The second-order valence-corrected chi connectivity index (χ2v) is 9.97. The lowest BCUT2D eigenvalue weighted by atomic mass is 9.48. The largest absolute Gasteiger partial charge is 0.446 e. The molecule has 0 spiro atoms. The molecule has 10 heteroatoms. The van der Waals surface area contributed by atoms with Crippen LogP contribution in [0.3, 0.4) is 0 Å². The Morgan fingerprint density at radius 3 is 2.50 bits per heavy atom. The SMILES string of the molecule is NC(=O)[C@]12CC3CC(C1)C(OC(=O)N1CC[C@H](Nc4ccc(C(F)(F)F)cn4)C1)[C@@H](C3)C2. The van der Waals surface area contributed by atoms with Crippen molar-refractivity contribution in [3.05, 3.63) is 23.9 Å². The average Bonchev–Trinajstić information content (AvgIpc) is 3.18. The number of pyridine rings is 1. The molecule has 32 heavy (non-hydrogen) atoms. The predicted octanol–water partition coefficient (Wildman–Crippen LogP) is 3.40. The molecule has 4 saturated carbocycles. The van der Waals surface area contributed by atoms with Crippen molar-refractivity contribution >= 4 is 17.8 Å². The van der Waals surface area contributed by atoms with E-state index in [1.54, 1.807) is 4.90 Å².